The van der Waals surface area contributed by atoms with Gasteiger partial charge in [0.25, 0.3) is 11.8 Å². The molecule has 0 bridgehead atoms. The molecular weight excluding hydrogens is 372 g/mol. The van der Waals surface area contributed by atoms with Crippen LogP contribution in [0.5, 0.6) is 0 Å². The maximum atomic E-state index is 12.9. The molecule has 0 unspecified atom stereocenters. The average molecular weight is 390 g/mol. The van der Waals surface area contributed by atoms with E-state index in [1.807, 2.05) is 53.6 Å². The number of aryl methyl sites for hydroxylation is 1. The van der Waals surface area contributed by atoms with Gasteiger partial charge < -0.3 is 9.32 Å². The Morgan fingerprint density at radius 3 is 3.00 bits per heavy atom. The van der Waals surface area contributed by atoms with Gasteiger partial charge >= 0.3 is 0 Å². The third-order valence-corrected chi connectivity index (χ3v) is 6.09. The number of aromatic nitrogens is 3. The number of carbonyl (C=O) groups is 1. The number of nitrogens with zero attached hydrogens (tertiary/aromatic N) is 4. The maximum absolute atomic E-state index is 12.9. The van der Waals surface area contributed by atoms with Crippen molar-refractivity contribution in [2.24, 2.45) is 0 Å². The van der Waals surface area contributed by atoms with Crippen LogP contribution in [0.15, 0.2) is 52.4 Å². The summed E-state index contributed by atoms with van der Waals surface area (Å²) in [5.74, 6) is 0.894. The second-order valence-electron chi connectivity index (χ2n) is 6.97. The second-order valence-corrected chi connectivity index (χ2v) is 7.88. The summed E-state index contributed by atoms with van der Waals surface area (Å²) in [5.41, 5.74) is 1.77. The number of carbonyl (C=O) groups excluding carboxylic acids is 1. The minimum Gasteiger partial charge on any atom is -0.417 e. The number of pyridine rings is 1. The van der Waals surface area contributed by atoms with Crippen molar-refractivity contribution >= 4 is 28.0 Å². The van der Waals surface area contributed by atoms with Gasteiger partial charge in [-0.3, -0.25) is 9.78 Å². The van der Waals surface area contributed by atoms with E-state index in [9.17, 15) is 4.79 Å². The van der Waals surface area contributed by atoms with Crippen LogP contribution in [0.3, 0.4) is 0 Å². The molecule has 7 heteroatoms. The molecule has 6 nitrogen and oxygen atoms in total. The predicted molar refractivity (Wildman–Crippen MR) is 107 cm³/mol. The average Bonchev–Trinajstić information content (AvgIpc) is 3.47. The van der Waals surface area contributed by atoms with Crippen molar-refractivity contribution in [3.63, 3.8) is 0 Å². The Hall–Kier alpha value is -3.06. The lowest BCUT2D eigenvalue weighted by molar-refractivity contribution is 0.0721. The molecule has 1 atom stereocenters. The quantitative estimate of drug-likeness (QED) is 0.510. The van der Waals surface area contributed by atoms with Gasteiger partial charge in [-0.05, 0) is 48.2 Å². The number of fused-ring (bicyclic) bond motifs is 1. The molecule has 0 N–H and O–H groups in total. The zero-order chi connectivity index (χ0) is 19.1. The van der Waals surface area contributed by atoms with Crippen LogP contribution < -0.4 is 0 Å². The zero-order valence-electron chi connectivity index (χ0n) is 15.3. The van der Waals surface area contributed by atoms with Crippen molar-refractivity contribution < 1.29 is 9.21 Å². The molecule has 1 aromatic carbocycles. The van der Waals surface area contributed by atoms with Crippen LogP contribution in [0.2, 0.25) is 0 Å². The lowest BCUT2D eigenvalue weighted by atomic mass is 10.1. The number of benzene rings is 1. The van der Waals surface area contributed by atoms with Crippen LogP contribution in [0.4, 0.5) is 0 Å². The number of hydrogen-bond acceptors (Lipinski definition) is 6. The van der Waals surface area contributed by atoms with E-state index in [-0.39, 0.29) is 11.9 Å². The monoisotopic (exact) mass is 390 g/mol. The van der Waals surface area contributed by atoms with Crippen molar-refractivity contribution in [2.45, 2.75) is 25.8 Å². The van der Waals surface area contributed by atoms with E-state index in [4.69, 9.17) is 4.42 Å². The topological polar surface area (TPSA) is 72.1 Å². The van der Waals surface area contributed by atoms with Gasteiger partial charge in [-0.1, -0.05) is 24.3 Å². The number of rotatable bonds is 3. The Kier molecular flexibility index (Phi) is 4.16. The summed E-state index contributed by atoms with van der Waals surface area (Å²) in [6.07, 6.45) is 3.48. The molecule has 0 aliphatic carbocycles. The molecular formula is C21H18N4O2S. The summed E-state index contributed by atoms with van der Waals surface area (Å²) in [6, 6.07) is 11.7. The minimum absolute atomic E-state index is 0.0311. The highest BCUT2D eigenvalue weighted by atomic mass is 32.1. The first-order valence-corrected chi connectivity index (χ1v) is 10.1. The van der Waals surface area contributed by atoms with E-state index >= 15 is 0 Å². The van der Waals surface area contributed by atoms with Crippen molar-refractivity contribution in [1.29, 1.82) is 0 Å². The van der Waals surface area contributed by atoms with Gasteiger partial charge in [0.1, 0.15) is 11.7 Å². The maximum Gasteiger partial charge on any atom is 0.267 e. The number of likely N-dealkylation sites (tertiary alicyclic amines) is 1. The van der Waals surface area contributed by atoms with Crippen LogP contribution in [-0.2, 0) is 0 Å². The fourth-order valence-corrected chi connectivity index (χ4v) is 4.56. The molecule has 28 heavy (non-hydrogen) atoms. The van der Waals surface area contributed by atoms with Gasteiger partial charge in [-0.25, -0.2) is 0 Å². The summed E-state index contributed by atoms with van der Waals surface area (Å²) < 4.78 is 6.01. The van der Waals surface area contributed by atoms with Gasteiger partial charge in [0, 0.05) is 18.1 Å². The summed E-state index contributed by atoms with van der Waals surface area (Å²) in [7, 11) is 0. The van der Waals surface area contributed by atoms with Gasteiger partial charge in [-0.2, -0.15) is 0 Å². The molecule has 1 aliphatic heterocycles. The molecule has 140 valence electrons. The van der Waals surface area contributed by atoms with Crippen LogP contribution in [0.25, 0.3) is 22.4 Å². The van der Waals surface area contributed by atoms with E-state index in [1.165, 1.54) is 11.3 Å². The van der Waals surface area contributed by atoms with Gasteiger partial charge in [0.05, 0.1) is 4.88 Å². The highest BCUT2D eigenvalue weighted by molar-refractivity contribution is 7.12. The third kappa shape index (κ3) is 2.88. The van der Waals surface area contributed by atoms with Gasteiger partial charge in [-0.15, -0.1) is 21.5 Å². The Morgan fingerprint density at radius 1 is 1.25 bits per heavy atom. The SMILES string of the molecule is Cc1csc(C(=O)N2CCC[C@H]2c2nnc(-c3nccc4ccccc34)o2)c1. The molecule has 1 saturated heterocycles. The molecule has 4 aromatic rings. The number of amides is 1. The van der Waals surface area contributed by atoms with Crippen LogP contribution in [0, 0.1) is 6.92 Å². The van der Waals surface area contributed by atoms with Crippen LogP contribution >= 0.6 is 11.3 Å². The minimum atomic E-state index is -0.189. The lowest BCUT2D eigenvalue weighted by Crippen LogP contribution is -2.30. The van der Waals surface area contributed by atoms with E-state index < -0.39 is 0 Å². The number of hydrogen-bond donors (Lipinski definition) is 0. The predicted octanol–water partition coefficient (Wildman–Crippen LogP) is 4.63. The summed E-state index contributed by atoms with van der Waals surface area (Å²) >= 11 is 1.48. The van der Waals surface area contributed by atoms with Crippen LogP contribution in [-0.4, -0.2) is 32.5 Å². The normalized spacial score (nSPS) is 16.8. The Morgan fingerprint density at radius 2 is 2.14 bits per heavy atom. The van der Waals surface area contributed by atoms with Crippen molar-refractivity contribution in [3.8, 4) is 11.6 Å². The van der Waals surface area contributed by atoms with Crippen molar-refractivity contribution in [3.05, 3.63) is 64.3 Å². The lowest BCUT2D eigenvalue weighted by Gasteiger charge is -2.21. The van der Waals surface area contributed by atoms with E-state index in [0.717, 1.165) is 34.1 Å². The highest BCUT2D eigenvalue weighted by Crippen LogP contribution is 2.35. The fourth-order valence-electron chi connectivity index (χ4n) is 3.71. The first-order chi connectivity index (χ1) is 13.7. The summed E-state index contributed by atoms with van der Waals surface area (Å²) in [5, 5.41) is 12.5. The molecule has 4 heterocycles. The van der Waals surface area contributed by atoms with Crippen LogP contribution in [0.1, 0.15) is 40.0 Å². The van der Waals surface area contributed by atoms with E-state index in [2.05, 4.69) is 15.2 Å². The third-order valence-electron chi connectivity index (χ3n) is 5.06. The van der Waals surface area contributed by atoms with Crippen molar-refractivity contribution in [1.82, 2.24) is 20.1 Å². The molecule has 3 aromatic heterocycles. The zero-order valence-corrected chi connectivity index (χ0v) is 16.1. The highest BCUT2D eigenvalue weighted by Gasteiger charge is 2.35. The summed E-state index contributed by atoms with van der Waals surface area (Å²) in [6.45, 7) is 2.70. The molecule has 0 radical (unpaired) electrons. The molecule has 5 rings (SSSR count). The van der Waals surface area contributed by atoms with E-state index in [0.29, 0.717) is 24.0 Å². The number of thiophene rings is 1. The fraction of sp³-hybridized carbons (Fsp3) is 0.238. The second kappa shape index (κ2) is 6.83. The molecule has 1 amide bonds. The smallest absolute Gasteiger partial charge is 0.267 e. The van der Waals surface area contributed by atoms with E-state index in [1.54, 1.807) is 6.20 Å². The molecule has 0 saturated carbocycles. The Balaban J connectivity index is 1.47. The Labute approximate surface area is 165 Å². The Bertz CT molecular complexity index is 1160. The molecule has 1 fully saturated rings. The molecule has 1 aliphatic rings. The first kappa shape index (κ1) is 17.1. The molecule has 0 spiro atoms. The van der Waals surface area contributed by atoms with Crippen molar-refractivity contribution in [2.75, 3.05) is 6.54 Å². The first-order valence-electron chi connectivity index (χ1n) is 9.24. The standard InChI is InChI=1S/C21H18N4O2S/c1-13-11-17(28-12-13)21(26)25-10-4-7-16(25)19-23-24-20(27-19)18-15-6-3-2-5-14(15)8-9-22-18/h2-3,5-6,8-9,11-12,16H,4,7,10H2,1H3/t16-/m0/s1. The largest absolute Gasteiger partial charge is 0.417 e. The van der Waals surface area contributed by atoms with Gasteiger partial charge in [0.15, 0.2) is 0 Å². The summed E-state index contributed by atoms with van der Waals surface area (Å²) in [4.78, 5) is 20.0. The van der Waals surface area contributed by atoms with Gasteiger partial charge in [0.2, 0.25) is 5.89 Å².